The highest BCUT2D eigenvalue weighted by atomic mass is 79.9. The fraction of sp³-hybridized carbons (Fsp3) is 0.222. The summed E-state index contributed by atoms with van der Waals surface area (Å²) in [4.78, 5) is 0. The van der Waals surface area contributed by atoms with E-state index in [4.69, 9.17) is 0 Å². The molecule has 1 aromatic carbocycles. The van der Waals surface area contributed by atoms with Crippen LogP contribution in [-0.2, 0) is 0 Å². The van der Waals surface area contributed by atoms with Gasteiger partial charge in [-0.15, -0.1) is 0 Å². The van der Waals surface area contributed by atoms with Crippen molar-refractivity contribution in [3.63, 3.8) is 0 Å². The van der Waals surface area contributed by atoms with E-state index in [1.165, 1.54) is 0 Å². The zero-order valence-electron chi connectivity index (χ0n) is 7.83. The zero-order chi connectivity index (χ0) is 10.7. The number of hydrogen-bond acceptors (Lipinski definition) is 3. The highest BCUT2D eigenvalue weighted by Gasteiger charge is 2.04. The molecule has 1 rings (SSSR count). The Morgan fingerprint density at radius 1 is 1.29 bits per heavy atom. The van der Waals surface area contributed by atoms with Gasteiger partial charge in [-0.2, -0.15) is 5.10 Å². The molecule has 0 saturated carbocycles. The lowest BCUT2D eigenvalue weighted by Crippen LogP contribution is -2.01. The number of hydrazone groups is 1. The minimum Gasteiger partial charge on any atom is -0.506 e. The number of benzene rings is 1. The summed E-state index contributed by atoms with van der Waals surface area (Å²) in [5.41, 5.74) is 0.912. The normalized spacial score (nSPS) is 10.9. The molecule has 0 aromatic heterocycles. The molecule has 0 spiro atoms. The summed E-state index contributed by atoms with van der Waals surface area (Å²) in [6, 6.07) is 3.60. The van der Waals surface area contributed by atoms with Crippen molar-refractivity contribution in [2.24, 2.45) is 5.10 Å². The first-order valence-corrected chi connectivity index (χ1v) is 5.48. The molecule has 0 atom stereocenters. The average molecular weight is 322 g/mol. The Bertz CT molecular complexity index is 341. The number of halogens is 2. The molecular formula is C9H10Br2N2O. The lowest BCUT2D eigenvalue weighted by molar-refractivity contribution is 0.440. The molecule has 0 saturated heterocycles. The van der Waals surface area contributed by atoms with Crippen LogP contribution in [0.2, 0.25) is 0 Å². The van der Waals surface area contributed by atoms with Crippen LogP contribution in [0.15, 0.2) is 26.2 Å². The van der Waals surface area contributed by atoms with Crippen molar-refractivity contribution in [3.8, 4) is 5.75 Å². The van der Waals surface area contributed by atoms with Crippen molar-refractivity contribution in [3.05, 3.63) is 26.6 Å². The summed E-state index contributed by atoms with van der Waals surface area (Å²) in [5.74, 6) is 0.201. The molecule has 0 amide bonds. The van der Waals surface area contributed by atoms with Gasteiger partial charge in [-0.05, 0) is 49.6 Å². The topological polar surface area (TPSA) is 35.8 Å². The molecular weight excluding hydrogens is 312 g/mol. The highest BCUT2D eigenvalue weighted by molar-refractivity contribution is 9.11. The van der Waals surface area contributed by atoms with Gasteiger partial charge in [0.15, 0.2) is 0 Å². The van der Waals surface area contributed by atoms with E-state index in [9.17, 15) is 5.11 Å². The van der Waals surface area contributed by atoms with Gasteiger partial charge in [-0.1, -0.05) is 0 Å². The summed E-state index contributed by atoms with van der Waals surface area (Å²) in [6.45, 7) is 0. The molecule has 1 N–H and O–H groups in total. The first kappa shape index (κ1) is 11.5. The van der Waals surface area contributed by atoms with E-state index in [2.05, 4.69) is 37.0 Å². The Morgan fingerprint density at radius 2 is 1.79 bits per heavy atom. The lowest BCUT2D eigenvalue weighted by atomic mass is 10.2. The third-order valence-corrected chi connectivity index (χ3v) is 2.69. The number of nitrogens with zero attached hydrogens (tertiary/aromatic N) is 2. The highest BCUT2D eigenvalue weighted by Crippen LogP contribution is 2.32. The molecule has 0 aliphatic heterocycles. The monoisotopic (exact) mass is 320 g/mol. The minimum absolute atomic E-state index is 0.201. The lowest BCUT2D eigenvalue weighted by Gasteiger charge is -2.04. The van der Waals surface area contributed by atoms with Gasteiger partial charge in [0.2, 0.25) is 0 Å². The zero-order valence-corrected chi connectivity index (χ0v) is 11.0. The molecule has 5 heteroatoms. The third-order valence-electron chi connectivity index (χ3n) is 1.48. The maximum Gasteiger partial charge on any atom is 0.143 e. The van der Waals surface area contributed by atoms with Gasteiger partial charge in [0, 0.05) is 14.1 Å². The van der Waals surface area contributed by atoms with Crippen molar-refractivity contribution in [1.29, 1.82) is 0 Å². The van der Waals surface area contributed by atoms with Crippen LogP contribution in [0.1, 0.15) is 5.56 Å². The van der Waals surface area contributed by atoms with Crippen LogP contribution in [0, 0.1) is 0 Å². The summed E-state index contributed by atoms with van der Waals surface area (Å²) in [6.07, 6.45) is 1.72. The van der Waals surface area contributed by atoms with E-state index in [1.54, 1.807) is 23.4 Å². The van der Waals surface area contributed by atoms with E-state index in [-0.39, 0.29) is 5.75 Å². The Kier molecular flexibility index (Phi) is 3.95. The predicted molar refractivity (Wildman–Crippen MR) is 64.8 cm³/mol. The second kappa shape index (κ2) is 4.79. The molecule has 76 valence electrons. The second-order valence-corrected chi connectivity index (χ2v) is 4.63. The van der Waals surface area contributed by atoms with E-state index in [1.807, 2.05) is 14.1 Å². The standard InChI is InChI=1S/C9H10Br2N2O/c1-13(2)12-5-6-3-7(10)9(14)8(11)4-6/h3-5,14H,1-2H3. The fourth-order valence-electron chi connectivity index (χ4n) is 0.842. The van der Waals surface area contributed by atoms with Gasteiger partial charge in [-0.3, -0.25) is 0 Å². The van der Waals surface area contributed by atoms with Crippen LogP contribution < -0.4 is 0 Å². The number of phenolic OH excluding ortho intramolecular Hbond substituents is 1. The first-order chi connectivity index (χ1) is 6.50. The Morgan fingerprint density at radius 3 is 2.21 bits per heavy atom. The molecule has 0 aliphatic rings. The molecule has 0 unspecified atom stereocenters. The van der Waals surface area contributed by atoms with Crippen molar-refractivity contribution in [2.75, 3.05) is 14.1 Å². The van der Waals surface area contributed by atoms with E-state index < -0.39 is 0 Å². The molecule has 0 radical (unpaired) electrons. The molecule has 0 aliphatic carbocycles. The molecule has 0 bridgehead atoms. The van der Waals surface area contributed by atoms with Gasteiger partial charge in [-0.25, -0.2) is 0 Å². The minimum atomic E-state index is 0.201. The van der Waals surface area contributed by atoms with Crippen LogP contribution in [0.25, 0.3) is 0 Å². The number of hydrogen-bond donors (Lipinski definition) is 1. The number of phenols is 1. The van der Waals surface area contributed by atoms with E-state index in [0.717, 1.165) is 5.56 Å². The van der Waals surface area contributed by atoms with Crippen LogP contribution in [0.3, 0.4) is 0 Å². The van der Waals surface area contributed by atoms with Crippen LogP contribution in [0.5, 0.6) is 5.75 Å². The van der Waals surface area contributed by atoms with Gasteiger partial charge < -0.3 is 10.1 Å². The maximum atomic E-state index is 9.46. The maximum absolute atomic E-state index is 9.46. The Balaban J connectivity index is 3.01. The fourth-order valence-corrected chi connectivity index (χ4v) is 2.06. The molecule has 14 heavy (non-hydrogen) atoms. The molecule has 0 heterocycles. The molecule has 1 aromatic rings. The molecule has 0 fully saturated rings. The Labute approximate surface area is 99.7 Å². The van der Waals surface area contributed by atoms with Gasteiger partial charge in [0.1, 0.15) is 5.75 Å². The summed E-state index contributed by atoms with van der Waals surface area (Å²) >= 11 is 6.50. The summed E-state index contributed by atoms with van der Waals surface area (Å²) in [5, 5.41) is 15.3. The smallest absolute Gasteiger partial charge is 0.143 e. The van der Waals surface area contributed by atoms with Crippen molar-refractivity contribution < 1.29 is 5.11 Å². The quantitative estimate of drug-likeness (QED) is 0.671. The number of rotatable bonds is 2. The van der Waals surface area contributed by atoms with Crippen LogP contribution in [0.4, 0.5) is 0 Å². The first-order valence-electron chi connectivity index (χ1n) is 3.90. The number of aromatic hydroxyl groups is 1. The van der Waals surface area contributed by atoms with Crippen LogP contribution >= 0.6 is 31.9 Å². The SMILES string of the molecule is CN(C)N=Cc1cc(Br)c(O)c(Br)c1. The van der Waals surface area contributed by atoms with Gasteiger partial charge >= 0.3 is 0 Å². The summed E-state index contributed by atoms with van der Waals surface area (Å²) in [7, 11) is 3.70. The average Bonchev–Trinajstić information content (AvgIpc) is 2.10. The van der Waals surface area contributed by atoms with E-state index in [0.29, 0.717) is 8.95 Å². The van der Waals surface area contributed by atoms with Crippen molar-refractivity contribution in [1.82, 2.24) is 5.01 Å². The van der Waals surface area contributed by atoms with Crippen LogP contribution in [-0.4, -0.2) is 30.4 Å². The summed E-state index contributed by atoms with van der Waals surface area (Å²) < 4.78 is 1.29. The predicted octanol–water partition coefficient (Wildman–Crippen LogP) is 2.81. The second-order valence-electron chi connectivity index (χ2n) is 2.92. The van der Waals surface area contributed by atoms with Crippen molar-refractivity contribution >= 4 is 38.1 Å². The van der Waals surface area contributed by atoms with Gasteiger partial charge in [0.25, 0.3) is 0 Å². The van der Waals surface area contributed by atoms with E-state index >= 15 is 0 Å². The largest absolute Gasteiger partial charge is 0.506 e. The molecule has 3 nitrogen and oxygen atoms in total. The third kappa shape index (κ3) is 2.99. The Hall–Kier alpha value is -0.550. The van der Waals surface area contributed by atoms with Crippen molar-refractivity contribution in [2.45, 2.75) is 0 Å². The van der Waals surface area contributed by atoms with Gasteiger partial charge in [0.05, 0.1) is 15.2 Å².